The van der Waals surface area contributed by atoms with Crippen LogP contribution < -0.4 is 4.72 Å². The maximum absolute atomic E-state index is 12.6. The zero-order chi connectivity index (χ0) is 19.9. The summed E-state index contributed by atoms with van der Waals surface area (Å²) in [6.45, 7) is 2.00. The molecule has 0 aliphatic rings. The van der Waals surface area contributed by atoms with E-state index >= 15 is 0 Å². The molecule has 4 rings (SSSR count). The van der Waals surface area contributed by atoms with E-state index < -0.39 is 20.6 Å². The lowest BCUT2D eigenvalue weighted by atomic mass is 10.1. The summed E-state index contributed by atoms with van der Waals surface area (Å²) in [5, 5.41) is 13.1. The first-order chi connectivity index (χ1) is 13.3. The van der Waals surface area contributed by atoms with Crippen molar-refractivity contribution in [1.82, 2.24) is 9.38 Å². The predicted octanol–water partition coefficient (Wildman–Crippen LogP) is 4.08. The summed E-state index contributed by atoms with van der Waals surface area (Å²) in [5.74, 6) is 0. The molecule has 0 saturated carbocycles. The molecular formula is C18H14N4O4S2. The minimum atomic E-state index is -4.09. The summed E-state index contributed by atoms with van der Waals surface area (Å²) in [7, 11) is -4.09. The van der Waals surface area contributed by atoms with Crippen LogP contribution in [0.25, 0.3) is 16.2 Å². The van der Waals surface area contributed by atoms with E-state index in [0.29, 0.717) is 5.69 Å². The Bertz CT molecular complexity index is 1290. The summed E-state index contributed by atoms with van der Waals surface area (Å²) in [6.07, 6.45) is 1.92. The third-order valence-electron chi connectivity index (χ3n) is 4.17. The molecule has 0 unspecified atom stereocenters. The summed E-state index contributed by atoms with van der Waals surface area (Å²) >= 11 is 1.55. The van der Waals surface area contributed by atoms with Gasteiger partial charge in [0.25, 0.3) is 15.7 Å². The van der Waals surface area contributed by atoms with Crippen molar-refractivity contribution in [2.45, 2.75) is 11.8 Å². The number of nitrogens with one attached hydrogen (secondary N) is 1. The summed E-state index contributed by atoms with van der Waals surface area (Å²) in [6, 6.07) is 11.9. The Morgan fingerprint density at radius 2 is 1.86 bits per heavy atom. The number of hydrogen-bond donors (Lipinski definition) is 1. The highest BCUT2D eigenvalue weighted by Gasteiger charge is 2.25. The molecule has 142 valence electrons. The van der Waals surface area contributed by atoms with E-state index in [4.69, 9.17) is 0 Å². The Balaban J connectivity index is 1.61. The molecule has 0 saturated heterocycles. The van der Waals surface area contributed by atoms with Gasteiger partial charge in [0.1, 0.15) is 0 Å². The smallest absolute Gasteiger partial charge is 0.289 e. The number of imidazole rings is 1. The van der Waals surface area contributed by atoms with Crippen molar-refractivity contribution >= 4 is 37.7 Å². The van der Waals surface area contributed by atoms with Crippen LogP contribution in [0.2, 0.25) is 0 Å². The van der Waals surface area contributed by atoms with Crippen molar-refractivity contribution in [2.24, 2.45) is 0 Å². The monoisotopic (exact) mass is 414 g/mol. The Morgan fingerprint density at radius 1 is 1.14 bits per heavy atom. The van der Waals surface area contributed by atoms with Gasteiger partial charge >= 0.3 is 0 Å². The first kappa shape index (κ1) is 18.1. The van der Waals surface area contributed by atoms with E-state index in [1.165, 1.54) is 18.2 Å². The molecule has 10 heteroatoms. The van der Waals surface area contributed by atoms with E-state index in [2.05, 4.69) is 9.71 Å². The molecule has 2 heterocycles. The fourth-order valence-electron chi connectivity index (χ4n) is 2.79. The number of fused-ring (bicyclic) bond motifs is 1. The highest BCUT2D eigenvalue weighted by atomic mass is 32.2. The Morgan fingerprint density at radius 3 is 2.54 bits per heavy atom. The molecule has 28 heavy (non-hydrogen) atoms. The fourth-order valence-corrected chi connectivity index (χ4v) is 4.87. The lowest BCUT2D eigenvalue weighted by Crippen LogP contribution is -2.14. The van der Waals surface area contributed by atoms with Crippen LogP contribution in [0.5, 0.6) is 0 Å². The molecule has 0 radical (unpaired) electrons. The number of thiazole rings is 1. The number of nitro groups is 1. The van der Waals surface area contributed by atoms with E-state index in [0.717, 1.165) is 28.0 Å². The number of sulfonamides is 1. The molecule has 0 amide bonds. The summed E-state index contributed by atoms with van der Waals surface area (Å²) < 4.78 is 29.5. The number of aromatic nitrogens is 2. The average molecular weight is 414 g/mol. The van der Waals surface area contributed by atoms with Gasteiger partial charge in [0, 0.05) is 34.6 Å². The lowest BCUT2D eigenvalue weighted by molar-refractivity contribution is -0.387. The normalized spacial score (nSPS) is 11.6. The summed E-state index contributed by atoms with van der Waals surface area (Å²) in [4.78, 5) is 15.4. The standard InChI is InChI=1S/C18H14N4O4S2/c1-12-11-27-18-19-15(10-21(12)18)13-6-8-14(9-7-13)20-28(25,26)17-5-3-2-4-16(17)22(23)24/h2-11,20H,1H3. The van der Waals surface area contributed by atoms with Gasteiger partial charge in [-0.05, 0) is 25.1 Å². The molecule has 0 bridgehead atoms. The van der Waals surface area contributed by atoms with E-state index in [-0.39, 0.29) is 4.90 Å². The first-order valence-corrected chi connectivity index (χ1v) is 10.5. The molecule has 4 aromatic rings. The predicted molar refractivity (Wildman–Crippen MR) is 107 cm³/mol. The zero-order valence-electron chi connectivity index (χ0n) is 14.6. The van der Waals surface area contributed by atoms with E-state index in [1.807, 2.05) is 22.9 Å². The van der Waals surface area contributed by atoms with Gasteiger partial charge in [0.15, 0.2) is 9.86 Å². The van der Waals surface area contributed by atoms with Crippen molar-refractivity contribution in [2.75, 3.05) is 4.72 Å². The number of aryl methyl sites for hydroxylation is 1. The molecule has 8 nitrogen and oxygen atoms in total. The van der Waals surface area contributed by atoms with Gasteiger partial charge in [0.2, 0.25) is 0 Å². The number of nitrogens with zero attached hydrogens (tertiary/aromatic N) is 3. The molecule has 2 aromatic heterocycles. The van der Waals surface area contributed by atoms with E-state index in [9.17, 15) is 18.5 Å². The molecule has 0 spiro atoms. The third kappa shape index (κ3) is 3.23. The van der Waals surface area contributed by atoms with Crippen LogP contribution in [0.4, 0.5) is 11.4 Å². The largest absolute Gasteiger partial charge is 0.294 e. The van der Waals surface area contributed by atoms with Crippen molar-refractivity contribution in [3.05, 3.63) is 75.9 Å². The third-order valence-corrected chi connectivity index (χ3v) is 6.56. The van der Waals surface area contributed by atoms with Crippen molar-refractivity contribution < 1.29 is 13.3 Å². The second-order valence-corrected chi connectivity index (χ2v) is 8.55. The maximum Gasteiger partial charge on any atom is 0.289 e. The van der Waals surface area contributed by atoms with Crippen LogP contribution in [0.3, 0.4) is 0 Å². The highest BCUT2D eigenvalue weighted by molar-refractivity contribution is 7.92. The number of anilines is 1. The average Bonchev–Trinajstić information content (AvgIpc) is 3.24. The number of nitro benzene ring substituents is 1. The number of hydrogen-bond acceptors (Lipinski definition) is 6. The Labute approximate surface area is 164 Å². The minimum absolute atomic E-state index is 0.305. The molecule has 0 atom stereocenters. The van der Waals surface area contributed by atoms with Crippen LogP contribution in [0, 0.1) is 17.0 Å². The maximum atomic E-state index is 12.6. The molecular weight excluding hydrogens is 400 g/mol. The van der Waals surface area contributed by atoms with Crippen LogP contribution in [0.15, 0.2) is 65.0 Å². The van der Waals surface area contributed by atoms with Crippen LogP contribution in [-0.4, -0.2) is 22.7 Å². The van der Waals surface area contributed by atoms with Crippen LogP contribution in [-0.2, 0) is 10.0 Å². The fraction of sp³-hybridized carbons (Fsp3) is 0.0556. The van der Waals surface area contributed by atoms with Gasteiger partial charge in [-0.2, -0.15) is 0 Å². The molecule has 2 aromatic carbocycles. The van der Waals surface area contributed by atoms with Crippen LogP contribution >= 0.6 is 11.3 Å². The van der Waals surface area contributed by atoms with Gasteiger partial charge in [-0.25, -0.2) is 13.4 Å². The van der Waals surface area contributed by atoms with Gasteiger partial charge in [-0.3, -0.25) is 19.2 Å². The van der Waals surface area contributed by atoms with Crippen LogP contribution in [0.1, 0.15) is 5.69 Å². The second kappa shape index (κ2) is 6.73. The Kier molecular flexibility index (Phi) is 4.36. The Hall–Kier alpha value is -3.24. The van der Waals surface area contributed by atoms with Crippen molar-refractivity contribution in [3.63, 3.8) is 0 Å². The second-order valence-electron chi connectivity index (χ2n) is 6.06. The van der Waals surface area contributed by atoms with E-state index in [1.54, 1.807) is 35.6 Å². The van der Waals surface area contributed by atoms with Crippen molar-refractivity contribution in [1.29, 1.82) is 0 Å². The highest BCUT2D eigenvalue weighted by Crippen LogP contribution is 2.27. The van der Waals surface area contributed by atoms with Gasteiger partial charge < -0.3 is 0 Å². The van der Waals surface area contributed by atoms with Gasteiger partial charge in [-0.1, -0.05) is 24.3 Å². The zero-order valence-corrected chi connectivity index (χ0v) is 16.2. The topological polar surface area (TPSA) is 107 Å². The molecule has 0 aliphatic heterocycles. The molecule has 0 fully saturated rings. The first-order valence-electron chi connectivity index (χ1n) is 8.15. The molecule has 0 aliphatic carbocycles. The lowest BCUT2D eigenvalue weighted by Gasteiger charge is -2.09. The summed E-state index contributed by atoms with van der Waals surface area (Å²) in [5.41, 5.74) is 2.54. The number of benzene rings is 2. The van der Waals surface area contributed by atoms with Crippen molar-refractivity contribution in [3.8, 4) is 11.3 Å². The number of rotatable bonds is 5. The minimum Gasteiger partial charge on any atom is -0.294 e. The number of para-hydroxylation sites is 1. The SMILES string of the molecule is Cc1csc2nc(-c3ccc(NS(=O)(=O)c4ccccc4[N+](=O)[O-])cc3)cn12. The quantitative estimate of drug-likeness (QED) is 0.391. The van der Waals surface area contributed by atoms with Gasteiger partial charge in [-0.15, -0.1) is 11.3 Å². The molecule has 1 N–H and O–H groups in total. The van der Waals surface area contributed by atoms with Gasteiger partial charge in [0.05, 0.1) is 10.6 Å².